The Labute approximate surface area is 189 Å². The zero-order chi connectivity index (χ0) is 22.2. The van der Waals surface area contributed by atoms with Crippen LogP contribution >= 0.6 is 23.4 Å². The van der Waals surface area contributed by atoms with Gasteiger partial charge in [0.2, 0.25) is 5.91 Å². The van der Waals surface area contributed by atoms with Gasteiger partial charge >= 0.3 is 0 Å². The third-order valence-corrected chi connectivity index (χ3v) is 5.61. The number of methoxy groups -OCH3 is 1. The van der Waals surface area contributed by atoms with Crippen LogP contribution in [0.15, 0.2) is 60.5 Å². The highest BCUT2D eigenvalue weighted by Crippen LogP contribution is 2.31. The molecule has 0 bridgehead atoms. The third-order valence-electron chi connectivity index (χ3n) is 4.21. The van der Waals surface area contributed by atoms with Gasteiger partial charge in [-0.25, -0.2) is 0 Å². The third kappa shape index (κ3) is 6.16. The number of benzene rings is 2. The second-order valence-electron chi connectivity index (χ2n) is 6.41. The predicted octanol–water partition coefficient (Wildman–Crippen LogP) is 3.44. The summed E-state index contributed by atoms with van der Waals surface area (Å²) in [6.07, 6.45) is 1.58. The quantitative estimate of drug-likeness (QED) is 0.354. The first-order chi connectivity index (χ1) is 15.0. The predicted molar refractivity (Wildman–Crippen MR) is 121 cm³/mol. The van der Waals surface area contributed by atoms with E-state index < -0.39 is 0 Å². The molecule has 2 N–H and O–H groups in total. The number of hydrogen-bond donors (Lipinski definition) is 2. The maximum absolute atomic E-state index is 12.1. The highest BCUT2D eigenvalue weighted by molar-refractivity contribution is 7.99. The molecule has 0 fully saturated rings. The number of carbonyl (C=O) groups is 1. The summed E-state index contributed by atoms with van der Waals surface area (Å²) in [5.74, 6) is 1.07. The molecule has 1 heterocycles. The molecule has 1 amide bonds. The summed E-state index contributed by atoms with van der Waals surface area (Å²) in [7, 11) is 3.37. The minimum Gasteiger partial charge on any atom is -0.493 e. The van der Waals surface area contributed by atoms with Gasteiger partial charge < -0.3 is 14.0 Å². The second kappa shape index (κ2) is 10.7. The van der Waals surface area contributed by atoms with Crippen molar-refractivity contribution in [3.8, 4) is 11.5 Å². The van der Waals surface area contributed by atoms with Crippen molar-refractivity contribution in [3.63, 3.8) is 0 Å². The molecule has 10 heteroatoms. The number of carbonyl (C=O) groups excluding carboxylic acids is 1. The summed E-state index contributed by atoms with van der Waals surface area (Å²) >= 11 is 7.46. The fourth-order valence-corrected chi connectivity index (χ4v) is 3.41. The van der Waals surface area contributed by atoms with Crippen LogP contribution in [0.5, 0.6) is 11.5 Å². The van der Waals surface area contributed by atoms with Gasteiger partial charge in [0.05, 0.1) is 18.6 Å². The number of aryl methyl sites for hydroxylation is 1. The standard InChI is InChI=1S/C21H22ClN5O3S/c1-14(24-25-20(28)12-31-21-26-23-13-27(21)2)15-8-9-18(19(10-15)29-3)30-11-16-6-4-5-7-17(16)22/h4-10,13,24H,1,11-12H2,2-3H3,(H,25,28). The van der Waals surface area contributed by atoms with Gasteiger partial charge in [-0.15, -0.1) is 10.2 Å². The lowest BCUT2D eigenvalue weighted by molar-refractivity contribution is -0.119. The number of rotatable bonds is 10. The van der Waals surface area contributed by atoms with Gasteiger partial charge in [-0.1, -0.05) is 48.1 Å². The van der Waals surface area contributed by atoms with Gasteiger partial charge in [-0.2, -0.15) is 0 Å². The molecule has 0 aliphatic carbocycles. The number of nitrogens with zero attached hydrogens (tertiary/aromatic N) is 3. The van der Waals surface area contributed by atoms with Gasteiger partial charge in [0.15, 0.2) is 16.7 Å². The second-order valence-corrected chi connectivity index (χ2v) is 7.76. The SMILES string of the molecule is C=C(NNC(=O)CSc1nncn1C)c1ccc(OCc2ccccc2Cl)c(OC)c1. The summed E-state index contributed by atoms with van der Waals surface area (Å²) in [5.41, 5.74) is 7.55. The Bertz CT molecular complexity index is 1070. The van der Waals surface area contributed by atoms with Crippen molar-refractivity contribution in [1.29, 1.82) is 0 Å². The van der Waals surface area contributed by atoms with Crippen LogP contribution in [0.3, 0.4) is 0 Å². The summed E-state index contributed by atoms with van der Waals surface area (Å²) in [4.78, 5) is 12.1. The van der Waals surface area contributed by atoms with Gasteiger partial charge in [-0.3, -0.25) is 15.6 Å². The van der Waals surface area contributed by atoms with Gasteiger partial charge in [0, 0.05) is 23.2 Å². The van der Waals surface area contributed by atoms with E-state index in [1.807, 2.05) is 37.4 Å². The maximum Gasteiger partial charge on any atom is 0.248 e. The van der Waals surface area contributed by atoms with Crippen LogP contribution in [0, 0.1) is 0 Å². The first-order valence-corrected chi connectivity index (χ1v) is 10.6. The van der Waals surface area contributed by atoms with Crippen molar-refractivity contribution < 1.29 is 14.3 Å². The zero-order valence-electron chi connectivity index (χ0n) is 17.1. The molecule has 3 aromatic rings. The minimum absolute atomic E-state index is 0.185. The summed E-state index contributed by atoms with van der Waals surface area (Å²) in [6, 6.07) is 12.9. The first kappa shape index (κ1) is 22.5. The molecular weight excluding hydrogens is 438 g/mol. The number of hydrazine groups is 1. The molecular formula is C21H22ClN5O3S. The van der Waals surface area contributed by atoms with Gasteiger partial charge in [-0.05, 0) is 24.3 Å². The van der Waals surface area contributed by atoms with E-state index in [0.717, 1.165) is 11.1 Å². The normalized spacial score (nSPS) is 10.4. The molecule has 0 saturated carbocycles. The van der Waals surface area contributed by atoms with Crippen molar-refractivity contribution in [3.05, 3.63) is 71.5 Å². The average Bonchev–Trinajstić information content (AvgIpc) is 3.20. The Morgan fingerprint density at radius 2 is 2.03 bits per heavy atom. The number of halogens is 1. The number of hydrogen-bond acceptors (Lipinski definition) is 7. The summed E-state index contributed by atoms with van der Waals surface area (Å²) in [5, 5.41) is 9.00. The lowest BCUT2D eigenvalue weighted by Crippen LogP contribution is -2.37. The minimum atomic E-state index is -0.221. The van der Waals surface area contributed by atoms with Crippen LogP contribution < -0.4 is 20.3 Å². The van der Waals surface area contributed by atoms with Crippen molar-refractivity contribution in [1.82, 2.24) is 25.6 Å². The molecule has 0 atom stereocenters. The van der Waals surface area contributed by atoms with Crippen LogP contribution in [0.1, 0.15) is 11.1 Å². The fraction of sp³-hybridized carbons (Fsp3) is 0.190. The molecule has 0 aliphatic heterocycles. The highest BCUT2D eigenvalue weighted by Gasteiger charge is 2.11. The summed E-state index contributed by atoms with van der Waals surface area (Å²) in [6.45, 7) is 4.27. The number of nitrogens with one attached hydrogen (secondary N) is 2. The van der Waals surface area contributed by atoms with E-state index in [-0.39, 0.29) is 11.7 Å². The number of thioether (sulfide) groups is 1. The molecule has 3 rings (SSSR count). The lowest BCUT2D eigenvalue weighted by Gasteiger charge is -2.15. The summed E-state index contributed by atoms with van der Waals surface area (Å²) < 4.78 is 13.0. The molecule has 2 aromatic carbocycles. The van der Waals surface area contributed by atoms with Crippen molar-refractivity contribution in [2.75, 3.05) is 12.9 Å². The monoisotopic (exact) mass is 459 g/mol. The molecule has 1 aromatic heterocycles. The molecule has 0 radical (unpaired) electrons. The van der Waals surface area contributed by atoms with E-state index in [4.69, 9.17) is 21.1 Å². The Morgan fingerprint density at radius 3 is 2.74 bits per heavy atom. The molecule has 0 saturated heterocycles. The van der Waals surface area contributed by atoms with E-state index >= 15 is 0 Å². The number of ether oxygens (including phenoxy) is 2. The molecule has 0 spiro atoms. The van der Waals surface area contributed by atoms with Crippen molar-refractivity contribution in [2.24, 2.45) is 7.05 Å². The smallest absolute Gasteiger partial charge is 0.248 e. The Morgan fingerprint density at radius 1 is 1.23 bits per heavy atom. The van der Waals surface area contributed by atoms with E-state index in [1.165, 1.54) is 11.8 Å². The molecule has 162 valence electrons. The Hall–Kier alpha value is -3.17. The molecule has 0 aliphatic rings. The average molecular weight is 460 g/mol. The van der Waals surface area contributed by atoms with Crippen LogP contribution in [0.2, 0.25) is 5.02 Å². The van der Waals surface area contributed by atoms with E-state index in [2.05, 4.69) is 27.6 Å². The van der Waals surface area contributed by atoms with Crippen LogP contribution in [0.4, 0.5) is 0 Å². The highest BCUT2D eigenvalue weighted by atomic mass is 35.5. The molecule has 31 heavy (non-hydrogen) atoms. The zero-order valence-corrected chi connectivity index (χ0v) is 18.7. The van der Waals surface area contributed by atoms with Crippen LogP contribution in [0.25, 0.3) is 5.70 Å². The Kier molecular flexibility index (Phi) is 7.80. The van der Waals surface area contributed by atoms with Crippen molar-refractivity contribution >= 4 is 35.0 Å². The van der Waals surface area contributed by atoms with Gasteiger partial charge in [0.25, 0.3) is 0 Å². The lowest BCUT2D eigenvalue weighted by atomic mass is 10.1. The topological polar surface area (TPSA) is 90.3 Å². The number of amides is 1. The van der Waals surface area contributed by atoms with Crippen LogP contribution in [-0.4, -0.2) is 33.5 Å². The van der Waals surface area contributed by atoms with Crippen LogP contribution in [-0.2, 0) is 18.4 Å². The van der Waals surface area contributed by atoms with E-state index in [9.17, 15) is 4.79 Å². The van der Waals surface area contributed by atoms with E-state index in [0.29, 0.717) is 34.0 Å². The van der Waals surface area contributed by atoms with E-state index in [1.54, 1.807) is 30.1 Å². The largest absolute Gasteiger partial charge is 0.493 e. The van der Waals surface area contributed by atoms with Gasteiger partial charge in [0.1, 0.15) is 12.9 Å². The fourth-order valence-electron chi connectivity index (χ4n) is 2.53. The first-order valence-electron chi connectivity index (χ1n) is 9.23. The maximum atomic E-state index is 12.1. The molecule has 0 unspecified atom stereocenters. The number of aromatic nitrogens is 3. The molecule has 8 nitrogen and oxygen atoms in total. The van der Waals surface area contributed by atoms with Crippen molar-refractivity contribution in [2.45, 2.75) is 11.8 Å². The Balaban J connectivity index is 1.54.